The van der Waals surface area contributed by atoms with Crippen LogP contribution in [0.5, 0.6) is 0 Å². The van der Waals surface area contributed by atoms with E-state index in [-0.39, 0.29) is 40.2 Å². The van der Waals surface area contributed by atoms with Gasteiger partial charge in [-0.15, -0.1) is 0 Å². The lowest BCUT2D eigenvalue weighted by molar-refractivity contribution is -0.160. The maximum absolute atomic E-state index is 14.4. The molecule has 4 heterocycles. The fraction of sp³-hybridized carbons (Fsp3) is 0.597. The molecule has 0 saturated carbocycles. The molecule has 7 N–H and O–H groups in total. The Labute approximate surface area is 606 Å². The van der Waals surface area contributed by atoms with E-state index in [1.54, 1.807) is 110 Å². The van der Waals surface area contributed by atoms with Gasteiger partial charge in [0.2, 0.25) is 23.6 Å². The topological polar surface area (TPSA) is 359 Å². The summed E-state index contributed by atoms with van der Waals surface area (Å²) in [6.07, 6.45) is 1.29. The largest absolute Gasteiger partial charge is 0.480 e. The van der Waals surface area contributed by atoms with Crippen molar-refractivity contribution in [3.05, 3.63) is 80.9 Å². The third kappa shape index (κ3) is 25.5. The van der Waals surface area contributed by atoms with Crippen molar-refractivity contribution < 1.29 is 76.8 Å². The molecule has 2 aliphatic rings. The van der Waals surface area contributed by atoms with Crippen molar-refractivity contribution in [1.29, 1.82) is 0 Å². The number of carbonyl (C=O) groups is 11. The number of hydrogen-bond donors (Lipinski definition) is 7. The molecular weight excluding hydrogens is 1360 g/mol. The Bertz CT molecular complexity index is 3770. The lowest BCUT2D eigenvalue weighted by Crippen LogP contribution is -2.59. The molecule has 0 unspecified atom stereocenters. The number of benzene rings is 2. The monoisotopic (exact) mass is 1460 g/mol. The van der Waals surface area contributed by atoms with E-state index >= 15 is 0 Å². The first kappa shape index (κ1) is 82.5. The number of hydrogen-bond acceptors (Lipinski definition) is 19. The van der Waals surface area contributed by atoms with Gasteiger partial charge in [-0.2, -0.15) is 0 Å². The number of nitrogens with zero attached hydrogens (tertiary/aromatic N) is 6. The normalized spacial score (nSPS) is 14.9. The second kappa shape index (κ2) is 34.7. The van der Waals surface area contributed by atoms with Crippen LogP contribution >= 0.6 is 23.2 Å². The second-order valence-electron chi connectivity index (χ2n) is 31.0. The minimum Gasteiger partial charge on any atom is -0.480 e. The molecule has 2 aromatic carbocycles. The first-order chi connectivity index (χ1) is 47.2. The van der Waals surface area contributed by atoms with Crippen molar-refractivity contribution in [2.45, 2.75) is 234 Å². The molecule has 0 radical (unpaired) electrons. The van der Waals surface area contributed by atoms with Gasteiger partial charge < -0.3 is 65.1 Å². The quantitative estimate of drug-likeness (QED) is 0.0153. The Hall–Kier alpha value is -8.47. The van der Waals surface area contributed by atoms with Crippen molar-refractivity contribution in [3.63, 3.8) is 0 Å². The molecule has 4 atom stereocenters. The maximum Gasteiger partial charge on any atom is 0.326 e. The van der Waals surface area contributed by atoms with Crippen molar-refractivity contribution >= 4 is 99.9 Å². The zero-order chi connectivity index (χ0) is 76.1. The van der Waals surface area contributed by atoms with Gasteiger partial charge in [0.1, 0.15) is 46.6 Å². The Morgan fingerprint density at radius 3 is 1.19 bits per heavy atom. The van der Waals surface area contributed by atoms with E-state index in [1.165, 1.54) is 20.8 Å². The highest BCUT2D eigenvalue weighted by Gasteiger charge is 2.38. The SMILES string of the molecule is Cn1c(C(=O)Nc2cccc(-c3cccc(NC(=O)c4nc5c(n4C)CCN(CCCC(=O)N[C@@H](CC(=O)OC(C)(C)C)C(=O)N[C@@H](CC(=O)OC(C)(C)C)C(=O)N[C@@H](CC(=O)OC(C)(C)C)C(=O)N[C@@H](CC(=O)OC(C)(C)C)C(=O)O)C5)c3Cl)c2Cl)nc2c1CCN(CCCCC(C)(C)C)C2. The molecule has 0 bridgehead atoms. The number of imidazole rings is 2. The fourth-order valence-corrected chi connectivity index (χ4v) is 12.1. The van der Waals surface area contributed by atoms with Crippen molar-refractivity contribution in [3.8, 4) is 11.1 Å². The Balaban J connectivity index is 1.11. The van der Waals surface area contributed by atoms with Gasteiger partial charge in [0.25, 0.3) is 11.8 Å². The van der Waals surface area contributed by atoms with Gasteiger partial charge >= 0.3 is 29.8 Å². The van der Waals surface area contributed by atoms with Gasteiger partial charge in [-0.05, 0) is 133 Å². The van der Waals surface area contributed by atoms with E-state index in [0.29, 0.717) is 60.5 Å². The standard InChI is InChI=1S/C72H102Cl2N12O16/c1-68(2,3)30-18-19-31-85-33-28-51-49(39-85)76-60(83(51)16)65(95)78-43-25-20-23-41(58(43)73)42-24-21-26-44(59(42)74)79-66(96)61-77-50-40-86(34-29-52(50)84(61)17)32-22-27-53(87)75-45(35-54(88)99-69(4,5)6)62(92)80-46(36-55(89)100-70(7,8)9)63(93)81-47(37-56(90)101-71(10,11)12)64(94)82-48(67(97)98)38-57(91)102-72(13,14)15/h20-21,23-26,45-48H,18-19,22,27-40H2,1-17H3,(H,75,87)(H,78,95)(H,79,96)(H,80,92)(H,81,93)(H,82,94)(H,97,98)/t45-,46-,47-,48-/m0/s1. The summed E-state index contributed by atoms with van der Waals surface area (Å²) in [5, 5.41) is 25.7. The van der Waals surface area contributed by atoms with Crippen LogP contribution in [0.4, 0.5) is 11.4 Å². The fourth-order valence-electron chi connectivity index (χ4n) is 11.5. The molecule has 102 heavy (non-hydrogen) atoms. The molecule has 0 fully saturated rings. The van der Waals surface area contributed by atoms with Gasteiger partial charge in [-0.3, -0.25) is 57.7 Å². The van der Waals surface area contributed by atoms with Gasteiger partial charge in [0, 0.05) is 82.1 Å². The van der Waals surface area contributed by atoms with Crippen LogP contribution in [0.1, 0.15) is 206 Å². The van der Waals surface area contributed by atoms with Gasteiger partial charge in [-0.25, -0.2) is 14.8 Å². The van der Waals surface area contributed by atoms with E-state index in [4.69, 9.17) is 52.1 Å². The van der Waals surface area contributed by atoms with E-state index in [2.05, 4.69) is 57.6 Å². The molecule has 28 nitrogen and oxygen atoms in total. The van der Waals surface area contributed by atoms with Crippen LogP contribution < -0.4 is 31.9 Å². The first-order valence-corrected chi connectivity index (χ1v) is 35.0. The average Bonchev–Trinajstić information content (AvgIpc) is 1.56. The minimum absolute atomic E-state index is 0.109. The van der Waals surface area contributed by atoms with Crippen LogP contribution in [-0.4, -0.2) is 172 Å². The zero-order valence-electron chi connectivity index (χ0n) is 61.8. The molecule has 4 aromatic rings. The first-order valence-electron chi connectivity index (χ1n) is 34.3. The third-order valence-corrected chi connectivity index (χ3v) is 16.9. The highest BCUT2D eigenvalue weighted by Crippen LogP contribution is 2.41. The van der Waals surface area contributed by atoms with Crippen LogP contribution in [0.25, 0.3) is 11.1 Å². The number of nitrogens with one attached hydrogen (secondary N) is 6. The molecule has 0 spiro atoms. The molecule has 0 saturated heterocycles. The predicted molar refractivity (Wildman–Crippen MR) is 382 cm³/mol. The summed E-state index contributed by atoms with van der Waals surface area (Å²) in [6, 6.07) is 2.79. The number of amides is 6. The smallest absolute Gasteiger partial charge is 0.326 e. The number of carboxylic acid groups (broad SMARTS) is 1. The van der Waals surface area contributed by atoms with Crippen LogP contribution in [0.3, 0.4) is 0 Å². The summed E-state index contributed by atoms with van der Waals surface area (Å²) in [4.78, 5) is 164. The number of aliphatic carboxylic acids is 1. The summed E-state index contributed by atoms with van der Waals surface area (Å²) < 4.78 is 25.1. The summed E-state index contributed by atoms with van der Waals surface area (Å²) in [5.74, 6) is -10.6. The number of carboxylic acids is 1. The highest BCUT2D eigenvalue weighted by atomic mass is 35.5. The molecule has 2 aliphatic heterocycles. The minimum atomic E-state index is -1.94. The summed E-state index contributed by atoms with van der Waals surface area (Å²) in [7, 11) is 3.58. The molecular formula is C72H102Cl2N12O16. The van der Waals surface area contributed by atoms with Crippen LogP contribution in [0.15, 0.2) is 36.4 Å². The second-order valence-corrected chi connectivity index (χ2v) is 31.8. The lowest BCUT2D eigenvalue weighted by Gasteiger charge is -2.28. The van der Waals surface area contributed by atoms with Crippen LogP contribution in [-0.2, 0) is 102 Å². The maximum atomic E-state index is 14.4. The van der Waals surface area contributed by atoms with E-state index in [1.807, 2.05) is 16.5 Å². The van der Waals surface area contributed by atoms with E-state index < -0.39 is 138 Å². The molecule has 6 rings (SSSR count). The summed E-state index contributed by atoms with van der Waals surface area (Å²) >= 11 is 14.1. The van der Waals surface area contributed by atoms with Gasteiger partial charge in [0.15, 0.2) is 11.6 Å². The van der Waals surface area contributed by atoms with E-state index in [9.17, 15) is 57.8 Å². The van der Waals surface area contributed by atoms with Crippen LogP contribution in [0, 0.1) is 5.41 Å². The van der Waals surface area contributed by atoms with Gasteiger partial charge in [0.05, 0.1) is 58.5 Å². The van der Waals surface area contributed by atoms with E-state index in [0.717, 1.165) is 55.9 Å². The number of rotatable bonds is 29. The number of aromatic nitrogens is 4. The number of ether oxygens (including phenoxy) is 4. The number of unbranched alkanes of at least 4 members (excludes halogenated alkanes) is 1. The molecule has 560 valence electrons. The Morgan fingerprint density at radius 2 is 0.833 bits per heavy atom. The summed E-state index contributed by atoms with van der Waals surface area (Å²) in [6.45, 7) is 29.1. The third-order valence-electron chi connectivity index (χ3n) is 16.1. The van der Waals surface area contributed by atoms with Crippen molar-refractivity contribution in [1.82, 2.24) is 50.2 Å². The average molecular weight is 1460 g/mol. The predicted octanol–water partition coefficient (Wildman–Crippen LogP) is 8.30. The molecule has 6 amide bonds. The Morgan fingerprint density at radius 1 is 0.490 bits per heavy atom. The van der Waals surface area contributed by atoms with Gasteiger partial charge in [-0.1, -0.05) is 74.7 Å². The molecule has 0 aliphatic carbocycles. The number of esters is 4. The highest BCUT2D eigenvalue weighted by molar-refractivity contribution is 6.40. The number of carbonyl (C=O) groups excluding carboxylic acids is 10. The lowest BCUT2D eigenvalue weighted by atomic mass is 9.90. The zero-order valence-corrected chi connectivity index (χ0v) is 63.3. The summed E-state index contributed by atoms with van der Waals surface area (Å²) in [5.41, 5.74) is 0.973. The number of anilines is 2. The molecule has 2 aromatic heterocycles. The molecule has 30 heteroatoms. The van der Waals surface area contributed by atoms with Crippen LogP contribution in [0.2, 0.25) is 10.0 Å². The Kier molecular flexibility index (Phi) is 28.0. The van der Waals surface area contributed by atoms with Crippen molar-refractivity contribution in [2.24, 2.45) is 19.5 Å². The number of halogens is 2. The number of fused-ring (bicyclic) bond motifs is 2. The van der Waals surface area contributed by atoms with Crippen molar-refractivity contribution in [2.75, 3.05) is 36.8 Å².